The molecule has 3 aromatic rings. The average molecular weight is 416 g/mol. The first-order chi connectivity index (χ1) is 13.7. The number of tetrazole rings is 1. The van der Waals surface area contributed by atoms with Gasteiger partial charge in [0.05, 0.1) is 5.69 Å². The van der Waals surface area contributed by atoms with E-state index in [1.165, 1.54) is 0 Å². The number of hydrogen-bond donors (Lipinski definition) is 2. The third kappa shape index (κ3) is 6.39. The zero-order valence-corrected chi connectivity index (χ0v) is 17.1. The Morgan fingerprint density at radius 1 is 1.21 bits per heavy atom. The first-order valence-corrected chi connectivity index (χ1v) is 9.23. The number of benzene rings is 2. The molecular formula is C21H26ClN5O2. The Balaban J connectivity index is 0.00000300. The van der Waals surface area contributed by atoms with Crippen LogP contribution in [0.15, 0.2) is 67.5 Å². The number of nitrogens with zero attached hydrogens (tertiary/aromatic N) is 4. The van der Waals surface area contributed by atoms with Crippen LogP contribution in [0.2, 0.25) is 0 Å². The molecule has 2 atom stereocenters. The van der Waals surface area contributed by atoms with Gasteiger partial charge in [0.25, 0.3) is 0 Å². The van der Waals surface area contributed by atoms with Crippen LogP contribution in [-0.2, 0) is 6.42 Å². The van der Waals surface area contributed by atoms with Crippen molar-refractivity contribution in [3.63, 3.8) is 0 Å². The van der Waals surface area contributed by atoms with E-state index < -0.39 is 6.10 Å². The average Bonchev–Trinajstić information content (AvgIpc) is 3.26. The number of ether oxygens (including phenoxy) is 1. The van der Waals surface area contributed by atoms with Crippen molar-refractivity contribution in [2.45, 2.75) is 25.5 Å². The lowest BCUT2D eigenvalue weighted by molar-refractivity contribution is 0.104. The first-order valence-electron chi connectivity index (χ1n) is 9.23. The molecule has 0 fully saturated rings. The smallest absolute Gasteiger partial charge is 0.143 e. The van der Waals surface area contributed by atoms with Gasteiger partial charge in [-0.1, -0.05) is 36.4 Å². The van der Waals surface area contributed by atoms with Gasteiger partial charge in [0, 0.05) is 12.6 Å². The predicted octanol–water partition coefficient (Wildman–Crippen LogP) is 2.90. The number of nitrogens with one attached hydrogen (secondary N) is 1. The third-order valence-corrected chi connectivity index (χ3v) is 4.43. The fourth-order valence-electron chi connectivity index (χ4n) is 2.84. The number of hydrogen-bond acceptors (Lipinski definition) is 6. The normalized spacial score (nSPS) is 12.6. The number of allylic oxidation sites excluding steroid dienone is 1. The van der Waals surface area contributed by atoms with Crippen molar-refractivity contribution in [2.24, 2.45) is 0 Å². The van der Waals surface area contributed by atoms with Gasteiger partial charge in [-0.3, -0.25) is 0 Å². The van der Waals surface area contributed by atoms with E-state index in [4.69, 9.17) is 4.74 Å². The van der Waals surface area contributed by atoms with E-state index in [9.17, 15) is 5.11 Å². The van der Waals surface area contributed by atoms with Crippen molar-refractivity contribution in [2.75, 3.05) is 13.2 Å². The number of halogens is 1. The second-order valence-electron chi connectivity index (χ2n) is 6.54. The number of aliphatic hydroxyl groups is 1. The molecule has 0 amide bonds. The molecule has 0 aliphatic carbocycles. The van der Waals surface area contributed by atoms with Gasteiger partial charge >= 0.3 is 0 Å². The fraction of sp³-hybridized carbons (Fsp3) is 0.286. The third-order valence-electron chi connectivity index (χ3n) is 4.43. The minimum absolute atomic E-state index is 0. The van der Waals surface area contributed by atoms with Crippen molar-refractivity contribution in [1.29, 1.82) is 0 Å². The fourth-order valence-corrected chi connectivity index (χ4v) is 2.84. The Kier molecular flexibility index (Phi) is 8.79. The van der Waals surface area contributed by atoms with E-state index in [1.54, 1.807) is 11.0 Å². The topological polar surface area (TPSA) is 85.1 Å². The molecule has 1 aromatic heterocycles. The molecule has 154 valence electrons. The molecule has 0 saturated heterocycles. The van der Waals surface area contributed by atoms with E-state index in [1.807, 2.05) is 54.6 Å². The molecule has 0 bridgehead atoms. The van der Waals surface area contributed by atoms with E-state index in [0.717, 1.165) is 29.0 Å². The Labute approximate surface area is 176 Å². The minimum atomic E-state index is -0.611. The summed E-state index contributed by atoms with van der Waals surface area (Å²) in [7, 11) is 0. The largest absolute Gasteiger partial charge is 0.491 e. The molecule has 29 heavy (non-hydrogen) atoms. The maximum absolute atomic E-state index is 10.3. The quantitative estimate of drug-likeness (QED) is 0.495. The van der Waals surface area contributed by atoms with Crippen molar-refractivity contribution in [3.05, 3.63) is 78.6 Å². The molecule has 0 spiro atoms. The molecule has 0 aliphatic heterocycles. The standard InChI is InChI=1S/C21H25N5O2.ClH/c1-3-6-18-7-4-5-8-21(18)28-14-20(27)13-22-16(2)17-9-11-19(12-10-17)26-15-23-24-25-26;/h3-5,7-12,15-16,20,22,27H,1,6,13-14H2,2H3;1H. The van der Waals surface area contributed by atoms with E-state index in [2.05, 4.69) is 34.3 Å². The van der Waals surface area contributed by atoms with Crippen LogP contribution in [0.3, 0.4) is 0 Å². The SMILES string of the molecule is C=CCc1ccccc1OCC(O)CNC(C)c1ccc(-n2cnnn2)cc1.Cl. The number of aliphatic hydroxyl groups excluding tert-OH is 1. The highest BCUT2D eigenvalue weighted by Crippen LogP contribution is 2.19. The molecule has 0 saturated carbocycles. The monoisotopic (exact) mass is 415 g/mol. The Morgan fingerprint density at radius 3 is 2.66 bits per heavy atom. The van der Waals surface area contributed by atoms with Gasteiger partial charge in [0.15, 0.2) is 0 Å². The Morgan fingerprint density at radius 2 is 1.97 bits per heavy atom. The molecule has 3 rings (SSSR count). The molecule has 0 radical (unpaired) electrons. The van der Waals surface area contributed by atoms with Gasteiger partial charge in [-0.15, -0.1) is 24.1 Å². The molecule has 2 unspecified atom stereocenters. The highest BCUT2D eigenvalue weighted by Gasteiger charge is 2.11. The highest BCUT2D eigenvalue weighted by molar-refractivity contribution is 5.85. The molecule has 2 aromatic carbocycles. The van der Waals surface area contributed by atoms with Gasteiger partial charge in [0.2, 0.25) is 0 Å². The van der Waals surface area contributed by atoms with E-state index in [0.29, 0.717) is 6.54 Å². The maximum Gasteiger partial charge on any atom is 0.143 e. The number of para-hydroxylation sites is 1. The van der Waals surface area contributed by atoms with Crippen LogP contribution in [0.5, 0.6) is 5.75 Å². The summed E-state index contributed by atoms with van der Waals surface area (Å²) in [5, 5.41) is 24.7. The van der Waals surface area contributed by atoms with Crippen LogP contribution >= 0.6 is 12.4 Å². The lowest BCUT2D eigenvalue weighted by Gasteiger charge is -2.19. The molecule has 0 aliphatic rings. The van der Waals surface area contributed by atoms with Gasteiger partial charge in [-0.2, -0.15) is 0 Å². The van der Waals surface area contributed by atoms with Crippen molar-refractivity contribution >= 4 is 12.4 Å². The molecular weight excluding hydrogens is 390 g/mol. The van der Waals surface area contributed by atoms with Gasteiger partial charge in [-0.25, -0.2) is 4.68 Å². The van der Waals surface area contributed by atoms with Gasteiger partial charge in [0.1, 0.15) is 24.8 Å². The first kappa shape index (κ1) is 22.5. The lowest BCUT2D eigenvalue weighted by Crippen LogP contribution is -2.33. The molecule has 8 heteroatoms. The Hall–Kier alpha value is -2.74. The van der Waals surface area contributed by atoms with Crippen LogP contribution in [0, 0.1) is 0 Å². The summed E-state index contributed by atoms with van der Waals surface area (Å²) in [6.07, 6.45) is 3.52. The maximum atomic E-state index is 10.3. The second kappa shape index (κ2) is 11.3. The zero-order chi connectivity index (χ0) is 19.8. The summed E-state index contributed by atoms with van der Waals surface area (Å²) in [6.45, 7) is 6.48. The zero-order valence-electron chi connectivity index (χ0n) is 16.3. The number of aromatic nitrogens is 4. The molecule has 2 N–H and O–H groups in total. The van der Waals surface area contributed by atoms with Crippen molar-refractivity contribution < 1.29 is 9.84 Å². The second-order valence-corrected chi connectivity index (χ2v) is 6.54. The predicted molar refractivity (Wildman–Crippen MR) is 115 cm³/mol. The lowest BCUT2D eigenvalue weighted by atomic mass is 10.1. The summed E-state index contributed by atoms with van der Waals surface area (Å²) in [4.78, 5) is 0. The van der Waals surface area contributed by atoms with Gasteiger partial charge < -0.3 is 15.2 Å². The number of rotatable bonds is 10. The summed E-state index contributed by atoms with van der Waals surface area (Å²) in [5.74, 6) is 0.785. The van der Waals surface area contributed by atoms with Crippen LogP contribution in [0.25, 0.3) is 5.69 Å². The summed E-state index contributed by atoms with van der Waals surface area (Å²) < 4.78 is 7.39. The summed E-state index contributed by atoms with van der Waals surface area (Å²) in [5.41, 5.74) is 3.07. The Bertz CT molecular complexity index is 871. The molecule has 7 nitrogen and oxygen atoms in total. The van der Waals surface area contributed by atoms with Crippen molar-refractivity contribution in [1.82, 2.24) is 25.5 Å². The van der Waals surface area contributed by atoms with Gasteiger partial charge in [-0.05, 0) is 53.1 Å². The summed E-state index contributed by atoms with van der Waals surface area (Å²) in [6, 6.07) is 15.8. The van der Waals surface area contributed by atoms with Crippen LogP contribution < -0.4 is 10.1 Å². The van der Waals surface area contributed by atoms with E-state index in [-0.39, 0.29) is 25.1 Å². The van der Waals surface area contributed by atoms with Crippen LogP contribution in [0.4, 0.5) is 0 Å². The molecule has 1 heterocycles. The van der Waals surface area contributed by atoms with Crippen molar-refractivity contribution in [3.8, 4) is 11.4 Å². The van der Waals surface area contributed by atoms with Crippen LogP contribution in [-0.4, -0.2) is 44.6 Å². The van der Waals surface area contributed by atoms with E-state index >= 15 is 0 Å². The minimum Gasteiger partial charge on any atom is -0.491 e. The summed E-state index contributed by atoms with van der Waals surface area (Å²) >= 11 is 0. The van der Waals surface area contributed by atoms with Crippen LogP contribution in [0.1, 0.15) is 24.1 Å². The highest BCUT2D eigenvalue weighted by atomic mass is 35.5.